The van der Waals surface area contributed by atoms with Gasteiger partial charge < -0.3 is 23.7 Å². The minimum atomic E-state index is -0.0978. The second-order valence-corrected chi connectivity index (χ2v) is 6.14. The van der Waals surface area contributed by atoms with E-state index in [1.807, 2.05) is 42.6 Å². The molecule has 2 aromatic carbocycles. The highest BCUT2D eigenvalue weighted by molar-refractivity contribution is 5.52. The zero-order valence-corrected chi connectivity index (χ0v) is 15.0. The van der Waals surface area contributed by atoms with E-state index < -0.39 is 0 Å². The van der Waals surface area contributed by atoms with Crippen LogP contribution in [0.4, 0.5) is 5.69 Å². The lowest BCUT2D eigenvalue weighted by Crippen LogP contribution is -2.22. The summed E-state index contributed by atoms with van der Waals surface area (Å²) in [6.45, 7) is 1.56. The summed E-state index contributed by atoms with van der Waals surface area (Å²) in [5.74, 6) is 1.70. The average molecular weight is 350 g/mol. The van der Waals surface area contributed by atoms with Crippen molar-refractivity contribution in [2.75, 3.05) is 32.3 Å². The third-order valence-electron chi connectivity index (χ3n) is 4.66. The predicted molar refractivity (Wildman–Crippen MR) is 101 cm³/mol. The molecule has 0 spiro atoms. The normalized spacial score (nSPS) is 16.7. The second kappa shape index (κ2) is 7.14. The van der Waals surface area contributed by atoms with Crippen LogP contribution in [0, 0.1) is 0 Å². The van der Waals surface area contributed by atoms with Crippen LogP contribution in [0.25, 0.3) is 5.69 Å². The minimum Gasteiger partial charge on any atom is -0.497 e. The van der Waals surface area contributed by atoms with Crippen molar-refractivity contribution in [2.45, 2.75) is 6.23 Å². The monoisotopic (exact) mass is 350 g/mol. The molecule has 0 N–H and O–H groups in total. The molecule has 5 nitrogen and oxygen atoms in total. The first-order valence-electron chi connectivity index (χ1n) is 8.64. The van der Waals surface area contributed by atoms with E-state index in [2.05, 4.69) is 33.9 Å². The number of aromatic nitrogens is 1. The molecule has 2 heterocycles. The van der Waals surface area contributed by atoms with E-state index >= 15 is 0 Å². The number of benzene rings is 2. The quantitative estimate of drug-likeness (QED) is 0.696. The highest BCUT2D eigenvalue weighted by Gasteiger charge is 2.28. The number of ether oxygens (including phenoxy) is 3. The van der Waals surface area contributed by atoms with Crippen molar-refractivity contribution in [2.24, 2.45) is 0 Å². The third kappa shape index (κ3) is 3.02. The molecule has 5 heteroatoms. The maximum Gasteiger partial charge on any atom is 0.158 e. The molecular weight excluding hydrogens is 328 g/mol. The molecule has 4 rings (SSSR count). The molecule has 134 valence electrons. The number of anilines is 1. The molecule has 1 saturated heterocycles. The molecule has 0 bridgehead atoms. The second-order valence-electron chi connectivity index (χ2n) is 6.14. The van der Waals surface area contributed by atoms with Gasteiger partial charge in [-0.1, -0.05) is 12.1 Å². The molecule has 1 aliphatic rings. The van der Waals surface area contributed by atoms with Crippen LogP contribution in [0.5, 0.6) is 11.5 Å². The van der Waals surface area contributed by atoms with Gasteiger partial charge in [0.1, 0.15) is 11.5 Å². The molecule has 1 atom stereocenters. The number of hydrogen-bond acceptors (Lipinski definition) is 4. The number of methoxy groups -OCH3 is 2. The van der Waals surface area contributed by atoms with Gasteiger partial charge in [0.25, 0.3) is 0 Å². The van der Waals surface area contributed by atoms with Gasteiger partial charge in [0.15, 0.2) is 6.23 Å². The Kier molecular flexibility index (Phi) is 4.54. The number of para-hydroxylation sites is 2. The molecule has 0 unspecified atom stereocenters. The largest absolute Gasteiger partial charge is 0.497 e. The van der Waals surface area contributed by atoms with Crippen LogP contribution < -0.4 is 14.4 Å². The summed E-state index contributed by atoms with van der Waals surface area (Å²) in [6, 6.07) is 18.2. The summed E-state index contributed by atoms with van der Waals surface area (Å²) >= 11 is 0. The third-order valence-corrected chi connectivity index (χ3v) is 4.66. The zero-order chi connectivity index (χ0) is 17.9. The topological polar surface area (TPSA) is 35.9 Å². The Balaban J connectivity index is 1.61. The number of nitrogens with zero attached hydrogens (tertiary/aromatic N) is 2. The van der Waals surface area contributed by atoms with Gasteiger partial charge in [0, 0.05) is 30.2 Å². The zero-order valence-electron chi connectivity index (χ0n) is 15.0. The van der Waals surface area contributed by atoms with Crippen LogP contribution >= 0.6 is 0 Å². The minimum absolute atomic E-state index is 0.0978. The summed E-state index contributed by atoms with van der Waals surface area (Å²) in [5, 5.41) is 0. The van der Waals surface area contributed by atoms with Crippen LogP contribution in [0.15, 0.2) is 67.0 Å². The van der Waals surface area contributed by atoms with Crippen molar-refractivity contribution >= 4 is 5.69 Å². The predicted octanol–water partition coefficient (Wildman–Crippen LogP) is 4.03. The highest BCUT2D eigenvalue weighted by atomic mass is 16.5. The summed E-state index contributed by atoms with van der Waals surface area (Å²) in [5.41, 5.74) is 3.25. The van der Waals surface area contributed by atoms with E-state index in [0.29, 0.717) is 6.61 Å². The summed E-state index contributed by atoms with van der Waals surface area (Å²) in [6.07, 6.45) is 4.05. The molecule has 1 fully saturated rings. The lowest BCUT2D eigenvalue weighted by molar-refractivity contribution is 0.114. The van der Waals surface area contributed by atoms with Crippen molar-refractivity contribution in [1.29, 1.82) is 0 Å². The van der Waals surface area contributed by atoms with E-state index in [4.69, 9.17) is 14.2 Å². The van der Waals surface area contributed by atoms with E-state index in [-0.39, 0.29) is 6.23 Å². The Morgan fingerprint density at radius 1 is 0.962 bits per heavy atom. The molecule has 3 aromatic rings. The van der Waals surface area contributed by atoms with Crippen molar-refractivity contribution in [3.8, 4) is 17.2 Å². The summed E-state index contributed by atoms with van der Waals surface area (Å²) < 4.78 is 18.8. The van der Waals surface area contributed by atoms with Gasteiger partial charge >= 0.3 is 0 Å². The summed E-state index contributed by atoms with van der Waals surface area (Å²) in [4.78, 5) is 2.27. The van der Waals surface area contributed by atoms with Gasteiger partial charge in [0.05, 0.1) is 26.5 Å². The van der Waals surface area contributed by atoms with Crippen LogP contribution in [0.3, 0.4) is 0 Å². The van der Waals surface area contributed by atoms with Crippen molar-refractivity contribution in [3.63, 3.8) is 0 Å². The Morgan fingerprint density at radius 3 is 2.54 bits per heavy atom. The van der Waals surface area contributed by atoms with Crippen molar-refractivity contribution < 1.29 is 14.2 Å². The lowest BCUT2D eigenvalue weighted by Gasteiger charge is -2.24. The van der Waals surface area contributed by atoms with Crippen LogP contribution in [-0.2, 0) is 4.74 Å². The highest BCUT2D eigenvalue weighted by Crippen LogP contribution is 2.34. The molecule has 1 aromatic heterocycles. The molecule has 26 heavy (non-hydrogen) atoms. The fraction of sp³-hybridized carbons (Fsp3) is 0.238. The number of hydrogen-bond donors (Lipinski definition) is 0. The Morgan fingerprint density at radius 2 is 1.77 bits per heavy atom. The maximum absolute atomic E-state index is 6.02. The maximum atomic E-state index is 6.02. The first-order chi connectivity index (χ1) is 12.8. The molecule has 0 saturated carbocycles. The molecule has 0 amide bonds. The molecule has 0 radical (unpaired) electrons. The molecular formula is C21H22N2O3. The SMILES string of the molecule is COc1ccc(N2CCO[C@@H]2c2ccn(-c3ccccc3OC)c2)cc1. The van der Waals surface area contributed by atoms with Gasteiger partial charge in [-0.05, 0) is 42.5 Å². The van der Waals surface area contributed by atoms with E-state index in [1.54, 1.807) is 14.2 Å². The van der Waals surface area contributed by atoms with E-state index in [1.165, 1.54) is 0 Å². The summed E-state index contributed by atoms with van der Waals surface area (Å²) in [7, 11) is 3.37. The molecule has 0 aliphatic carbocycles. The van der Waals surface area contributed by atoms with Gasteiger partial charge in [-0.25, -0.2) is 0 Å². The fourth-order valence-electron chi connectivity index (χ4n) is 3.34. The first kappa shape index (κ1) is 16.5. The van der Waals surface area contributed by atoms with Gasteiger partial charge in [0.2, 0.25) is 0 Å². The van der Waals surface area contributed by atoms with E-state index in [0.717, 1.165) is 35.0 Å². The first-order valence-corrected chi connectivity index (χ1v) is 8.64. The van der Waals surface area contributed by atoms with Crippen molar-refractivity contribution in [3.05, 3.63) is 72.6 Å². The van der Waals surface area contributed by atoms with Crippen LogP contribution in [0.2, 0.25) is 0 Å². The smallest absolute Gasteiger partial charge is 0.158 e. The van der Waals surface area contributed by atoms with Crippen LogP contribution in [0.1, 0.15) is 11.8 Å². The van der Waals surface area contributed by atoms with Crippen LogP contribution in [-0.4, -0.2) is 31.9 Å². The van der Waals surface area contributed by atoms with Crippen molar-refractivity contribution in [1.82, 2.24) is 4.57 Å². The van der Waals surface area contributed by atoms with E-state index in [9.17, 15) is 0 Å². The van der Waals surface area contributed by atoms with Gasteiger partial charge in [-0.2, -0.15) is 0 Å². The Labute approximate surface area is 153 Å². The standard InChI is InChI=1S/C21H22N2O3/c1-24-18-9-7-17(8-10-18)23-13-14-26-21(23)16-11-12-22(15-16)19-5-3-4-6-20(19)25-2/h3-12,15,21H,13-14H2,1-2H3/t21-/m1/s1. The Bertz CT molecular complexity index is 873. The Hall–Kier alpha value is -2.92. The average Bonchev–Trinajstić information content (AvgIpc) is 3.37. The lowest BCUT2D eigenvalue weighted by atomic mass is 10.2. The number of rotatable bonds is 5. The molecule has 1 aliphatic heterocycles. The fourth-order valence-corrected chi connectivity index (χ4v) is 3.34. The van der Waals surface area contributed by atoms with Gasteiger partial charge in [-0.3, -0.25) is 0 Å². The van der Waals surface area contributed by atoms with Gasteiger partial charge in [-0.15, -0.1) is 0 Å².